The van der Waals surface area contributed by atoms with E-state index >= 15 is 0 Å². The van der Waals surface area contributed by atoms with Crippen LogP contribution in [0.15, 0.2) is 5.10 Å². The van der Waals surface area contributed by atoms with Crippen LogP contribution in [0, 0.1) is 5.15 Å². The highest BCUT2D eigenvalue weighted by molar-refractivity contribution is 7.02. The summed E-state index contributed by atoms with van der Waals surface area (Å²) in [7, 11) is 2.48. The Morgan fingerprint density at radius 3 is 3.00 bits per heavy atom. The van der Waals surface area contributed by atoms with Gasteiger partial charge in [0.25, 0.3) is 0 Å². The van der Waals surface area contributed by atoms with Gasteiger partial charge < -0.3 is 5.11 Å². The maximum Gasteiger partial charge on any atom is 0.242 e. The van der Waals surface area contributed by atoms with Crippen LogP contribution >= 0.6 is 9.03 Å². The maximum atomic E-state index is 10.4. The summed E-state index contributed by atoms with van der Waals surface area (Å²) in [5, 5.41) is 14.2. The number of carbonyl (C=O) groups is 1. The molecule has 0 aromatic heterocycles. The van der Waals surface area contributed by atoms with Gasteiger partial charge in [-0.3, -0.25) is 9.95 Å². The van der Waals surface area contributed by atoms with Gasteiger partial charge in [-0.15, -0.1) is 0 Å². The van der Waals surface area contributed by atoms with Gasteiger partial charge in [0.05, 0.1) is 13.0 Å². The van der Waals surface area contributed by atoms with Gasteiger partial charge in [-0.2, -0.15) is 5.10 Å². The molecule has 0 rings (SSSR count). The first-order valence-corrected chi connectivity index (χ1v) is 3.35. The van der Waals surface area contributed by atoms with Crippen LogP contribution in [0.3, 0.4) is 0 Å². The molecule has 0 saturated carbocycles. The van der Waals surface area contributed by atoms with E-state index in [0.29, 0.717) is 0 Å². The summed E-state index contributed by atoms with van der Waals surface area (Å²) in [6.07, 6.45) is 1.58. The van der Waals surface area contributed by atoms with Gasteiger partial charge in [0.15, 0.2) is 1.41 Å². The molecule has 0 aliphatic carbocycles. The van der Waals surface area contributed by atoms with Crippen molar-refractivity contribution in [3.05, 3.63) is 0 Å². The van der Waals surface area contributed by atoms with E-state index in [1.807, 2.05) is 0 Å². The molecule has 6 heteroatoms. The zero-order valence-electron chi connectivity index (χ0n) is 7.24. The Hall–Kier alpha value is -0.800. The van der Waals surface area contributed by atoms with Crippen molar-refractivity contribution in [1.29, 1.82) is 5.15 Å². The molecule has 0 spiro atoms. The van der Waals surface area contributed by atoms with E-state index in [2.05, 4.69) is 24.7 Å². The van der Waals surface area contributed by atoms with E-state index in [1.54, 1.807) is 6.92 Å². The quantitative estimate of drug-likeness (QED) is 0.331. The highest BCUT2D eigenvalue weighted by atomic mass is 31.0. The van der Waals surface area contributed by atoms with E-state index in [9.17, 15) is 4.79 Å². The predicted molar refractivity (Wildman–Crippen MR) is 45.0 cm³/mol. The third-order valence-electron chi connectivity index (χ3n) is 0.657. The van der Waals surface area contributed by atoms with Gasteiger partial charge >= 0.3 is 0 Å². The lowest BCUT2D eigenvalue weighted by Gasteiger charge is -1.92. The molecule has 0 aromatic carbocycles. The van der Waals surface area contributed by atoms with E-state index in [4.69, 9.17) is 6.52 Å². The van der Waals surface area contributed by atoms with Crippen LogP contribution in [0.25, 0.3) is 0 Å². The lowest BCUT2D eigenvalue weighted by atomic mass is 10.4. The Morgan fingerprint density at radius 2 is 2.64 bits per heavy atom. The minimum Gasteiger partial charge on any atom is -0.396 e. The molecule has 0 radical (unpaired) electrons. The minimum absolute atomic E-state index is 0.108. The van der Waals surface area contributed by atoms with Crippen LogP contribution in [-0.4, -0.2) is 23.8 Å². The molecule has 0 heterocycles. The number of nitrogens with zero attached hydrogens (tertiary/aromatic N) is 1. The summed E-state index contributed by atoms with van der Waals surface area (Å²) in [6, 6.07) is 0. The molecule has 3 N–H and O–H groups in total. The molecule has 0 atom stereocenters. The predicted octanol–water partition coefficient (Wildman–Crippen LogP) is 0.382. The van der Waals surface area contributed by atoms with Gasteiger partial charge in [0.2, 0.25) is 5.91 Å². The van der Waals surface area contributed by atoms with Crippen molar-refractivity contribution in [2.45, 2.75) is 13.3 Å². The van der Waals surface area contributed by atoms with Gasteiger partial charge in [-0.05, 0) is 16.0 Å². The molecule has 0 bridgehead atoms. The summed E-state index contributed by atoms with van der Waals surface area (Å²) in [5.41, 5.74) is 2.20. The number of amides is 1. The molecule has 0 aliphatic rings. The summed E-state index contributed by atoms with van der Waals surface area (Å²) in [6.45, 7) is 1.56. The van der Waals surface area contributed by atoms with E-state index in [0.717, 1.165) is 0 Å². The fourth-order valence-electron chi connectivity index (χ4n) is 0.294. The van der Waals surface area contributed by atoms with Gasteiger partial charge in [0, 0.05) is 6.21 Å². The van der Waals surface area contributed by atoms with E-state index in [-0.39, 0.29) is 18.9 Å². The van der Waals surface area contributed by atoms with Gasteiger partial charge in [0.1, 0.15) is 0 Å². The highest BCUT2D eigenvalue weighted by Crippen LogP contribution is 1.74. The third kappa shape index (κ3) is 12.4. The summed E-state index contributed by atoms with van der Waals surface area (Å²) in [4.78, 5) is 10.4. The SMILES string of the molecule is CC=NNC(=O)CCO.[2H]N=P. The second kappa shape index (κ2) is 11.9. The molecule has 1 amide bonds. The van der Waals surface area contributed by atoms with Crippen molar-refractivity contribution in [3.8, 4) is 0 Å². The molecule has 11 heavy (non-hydrogen) atoms. The molecule has 0 fully saturated rings. The van der Waals surface area contributed by atoms with Crippen molar-refractivity contribution in [1.82, 2.24) is 5.43 Å². The van der Waals surface area contributed by atoms with Crippen molar-refractivity contribution < 1.29 is 11.3 Å². The molecule has 0 saturated heterocycles. The molecular weight excluding hydrogens is 165 g/mol. The smallest absolute Gasteiger partial charge is 0.242 e. The van der Waals surface area contributed by atoms with Crippen LogP contribution in [0.4, 0.5) is 0 Å². The Morgan fingerprint density at radius 1 is 2.09 bits per heavy atom. The lowest BCUT2D eigenvalue weighted by Crippen LogP contribution is -2.17. The van der Waals surface area contributed by atoms with E-state index < -0.39 is 0 Å². The Bertz CT molecular complexity index is 154. The molecule has 0 unspecified atom stereocenters. The Balaban J connectivity index is 0. The summed E-state index contributed by atoms with van der Waals surface area (Å²) >= 11 is 0. The van der Waals surface area contributed by atoms with Crippen molar-refractivity contribution in [3.63, 3.8) is 0 Å². The molecular formula is C5H12N3O2P. The number of aliphatic hydroxyl groups excluding tert-OH is 1. The topological polar surface area (TPSA) is 85.5 Å². The van der Waals surface area contributed by atoms with Gasteiger partial charge in [-0.25, -0.2) is 5.43 Å². The fraction of sp³-hybridized carbons (Fsp3) is 0.600. The molecule has 64 valence electrons. The zero-order chi connectivity index (χ0) is 9.82. The Kier molecular flexibility index (Phi) is 11.1. The van der Waals surface area contributed by atoms with Gasteiger partial charge in [-0.1, -0.05) is 0 Å². The molecule has 0 aromatic rings. The highest BCUT2D eigenvalue weighted by Gasteiger charge is 1.93. The first kappa shape index (κ1) is 10.2. The van der Waals surface area contributed by atoms with E-state index in [1.165, 1.54) is 6.21 Å². The first-order valence-electron chi connectivity index (χ1n) is 3.35. The summed E-state index contributed by atoms with van der Waals surface area (Å²) < 4.78 is 5.75. The monoisotopic (exact) mass is 178 g/mol. The minimum atomic E-state index is -0.268. The van der Waals surface area contributed by atoms with Crippen LogP contribution in [-0.2, 0) is 4.79 Å². The summed E-state index contributed by atoms with van der Waals surface area (Å²) in [5.74, 6) is -0.268. The largest absolute Gasteiger partial charge is 0.396 e. The number of rotatable bonds is 3. The fourth-order valence-corrected chi connectivity index (χ4v) is 0.294. The standard InChI is InChI=1S/C5H10N2O2.H2NP/c1-2-6-7-5(9)3-4-8;1-2/h2,8H,3-4H2,1H3,(H,7,9);1-2H/i/hD. The van der Waals surface area contributed by atoms with Crippen LogP contribution < -0.4 is 5.43 Å². The average molecular weight is 178 g/mol. The normalized spacial score (nSPS) is 9.45. The van der Waals surface area contributed by atoms with Crippen LogP contribution in [0.5, 0.6) is 0 Å². The van der Waals surface area contributed by atoms with Crippen LogP contribution in [0.2, 0.25) is 1.41 Å². The van der Waals surface area contributed by atoms with Crippen LogP contribution in [0.1, 0.15) is 13.3 Å². The second-order valence-corrected chi connectivity index (χ2v) is 1.40. The lowest BCUT2D eigenvalue weighted by molar-refractivity contribution is -0.121. The van der Waals surface area contributed by atoms with Crippen molar-refractivity contribution >= 4 is 21.2 Å². The number of nitrogens with one attached hydrogen (secondary N) is 2. The zero-order valence-corrected chi connectivity index (χ0v) is 7.24. The Labute approximate surface area is 69.1 Å². The molecule has 5 nitrogen and oxygen atoms in total. The average Bonchev–Trinajstić information content (AvgIpc) is 2.03. The third-order valence-corrected chi connectivity index (χ3v) is 0.657. The number of hydrogen-bond acceptors (Lipinski definition) is 4. The number of aliphatic hydroxyl groups is 1. The first-order chi connectivity index (χ1) is 5.72. The number of hydrazone groups is 1. The molecule has 0 aliphatic heterocycles. The number of hydrogen-bond donors (Lipinski definition) is 3. The second-order valence-electron chi connectivity index (χ2n) is 1.40. The number of carbonyl (C=O) groups excluding carboxylic acids is 1. The maximum absolute atomic E-state index is 10.4. The van der Waals surface area contributed by atoms with Crippen molar-refractivity contribution in [2.24, 2.45) is 5.10 Å². The van der Waals surface area contributed by atoms with Crippen molar-refractivity contribution in [2.75, 3.05) is 6.61 Å².